The minimum absolute atomic E-state index is 0.141. The van der Waals surface area contributed by atoms with Crippen molar-refractivity contribution < 1.29 is 4.79 Å². The first kappa shape index (κ1) is 15.0. The van der Waals surface area contributed by atoms with Gasteiger partial charge in [-0.05, 0) is 63.9 Å². The molecule has 1 aliphatic rings. The Hall–Kier alpha value is -1.42. The van der Waals surface area contributed by atoms with Crippen molar-refractivity contribution >= 4 is 5.91 Å². The molecule has 0 bridgehead atoms. The Kier molecular flexibility index (Phi) is 5.53. The topological polar surface area (TPSA) is 45.2 Å². The molecular weight excluding hydrogens is 250 g/mol. The van der Waals surface area contributed by atoms with E-state index in [1.807, 2.05) is 20.0 Å². The third-order valence-electron chi connectivity index (χ3n) is 3.96. The van der Waals surface area contributed by atoms with Gasteiger partial charge in [0.1, 0.15) is 0 Å². The van der Waals surface area contributed by atoms with Crippen molar-refractivity contribution in [3.05, 3.63) is 29.1 Å². The Morgan fingerprint density at radius 1 is 1.35 bits per heavy atom. The highest BCUT2D eigenvalue weighted by atomic mass is 16.1. The number of nitrogens with one attached hydrogen (secondary N) is 1. The van der Waals surface area contributed by atoms with Crippen LogP contribution in [-0.2, 0) is 11.3 Å². The van der Waals surface area contributed by atoms with Crippen LogP contribution in [0.1, 0.15) is 42.5 Å². The van der Waals surface area contributed by atoms with Gasteiger partial charge in [-0.1, -0.05) is 6.07 Å². The number of aromatic nitrogens is 1. The first-order chi connectivity index (χ1) is 9.65. The molecule has 1 aromatic heterocycles. The molecule has 2 rings (SSSR count). The lowest BCUT2D eigenvalue weighted by Gasteiger charge is -2.13. The van der Waals surface area contributed by atoms with Crippen LogP contribution in [0.25, 0.3) is 0 Å². The zero-order valence-electron chi connectivity index (χ0n) is 12.6. The second kappa shape index (κ2) is 7.39. The number of amides is 1. The minimum Gasteiger partial charge on any atom is -0.352 e. The van der Waals surface area contributed by atoms with Crippen molar-refractivity contribution in [1.29, 1.82) is 0 Å². The third kappa shape index (κ3) is 4.60. The highest BCUT2D eigenvalue weighted by Gasteiger charge is 2.11. The molecule has 1 amide bonds. The Balaban J connectivity index is 1.65. The lowest BCUT2D eigenvalue weighted by atomic mass is 10.1. The molecule has 1 aliphatic heterocycles. The lowest BCUT2D eigenvalue weighted by molar-refractivity contribution is -0.121. The van der Waals surface area contributed by atoms with E-state index in [4.69, 9.17) is 0 Å². The molecule has 20 heavy (non-hydrogen) atoms. The molecular formula is C16H25N3O. The van der Waals surface area contributed by atoms with Gasteiger partial charge in [0.05, 0.1) is 0 Å². The van der Waals surface area contributed by atoms with Crippen molar-refractivity contribution in [2.45, 2.75) is 46.1 Å². The number of aryl methyl sites for hydroxylation is 2. The van der Waals surface area contributed by atoms with Gasteiger partial charge in [0.2, 0.25) is 5.91 Å². The first-order valence-electron chi connectivity index (χ1n) is 7.56. The summed E-state index contributed by atoms with van der Waals surface area (Å²) in [6.07, 6.45) is 6.04. The summed E-state index contributed by atoms with van der Waals surface area (Å²) < 4.78 is 0. The number of hydrogen-bond acceptors (Lipinski definition) is 3. The van der Waals surface area contributed by atoms with E-state index >= 15 is 0 Å². The monoisotopic (exact) mass is 275 g/mol. The first-order valence-corrected chi connectivity index (χ1v) is 7.56. The quantitative estimate of drug-likeness (QED) is 0.865. The minimum atomic E-state index is 0.141. The summed E-state index contributed by atoms with van der Waals surface area (Å²) >= 11 is 0. The van der Waals surface area contributed by atoms with Gasteiger partial charge >= 0.3 is 0 Å². The van der Waals surface area contributed by atoms with E-state index in [1.54, 1.807) is 0 Å². The molecule has 0 aliphatic carbocycles. The fourth-order valence-electron chi connectivity index (χ4n) is 2.56. The van der Waals surface area contributed by atoms with E-state index in [9.17, 15) is 4.79 Å². The highest BCUT2D eigenvalue weighted by molar-refractivity contribution is 5.75. The molecule has 0 saturated carbocycles. The number of pyridine rings is 1. The average molecular weight is 275 g/mol. The molecule has 1 fully saturated rings. The average Bonchev–Trinajstić information content (AvgIpc) is 2.93. The molecule has 1 saturated heterocycles. The van der Waals surface area contributed by atoms with Crippen LogP contribution in [0.5, 0.6) is 0 Å². The maximum atomic E-state index is 11.8. The smallest absolute Gasteiger partial charge is 0.220 e. The van der Waals surface area contributed by atoms with Gasteiger partial charge in [0.25, 0.3) is 0 Å². The van der Waals surface area contributed by atoms with E-state index in [0.717, 1.165) is 24.2 Å². The van der Waals surface area contributed by atoms with Gasteiger partial charge in [0, 0.05) is 24.9 Å². The molecule has 4 heteroatoms. The number of carbonyl (C=O) groups excluding carboxylic acids is 1. The summed E-state index contributed by atoms with van der Waals surface area (Å²) in [7, 11) is 0. The number of hydrogen-bond donors (Lipinski definition) is 1. The van der Waals surface area contributed by atoms with Gasteiger partial charge in [-0.15, -0.1) is 0 Å². The van der Waals surface area contributed by atoms with Gasteiger partial charge < -0.3 is 10.2 Å². The number of likely N-dealkylation sites (tertiary alicyclic amines) is 1. The Bertz CT molecular complexity index is 453. The van der Waals surface area contributed by atoms with Crippen molar-refractivity contribution in [3.8, 4) is 0 Å². The number of carbonyl (C=O) groups is 1. The summed E-state index contributed by atoms with van der Waals surface area (Å²) in [6.45, 7) is 8.08. The second-order valence-electron chi connectivity index (χ2n) is 5.67. The Labute approximate surface area is 121 Å². The van der Waals surface area contributed by atoms with Crippen molar-refractivity contribution in [1.82, 2.24) is 15.2 Å². The third-order valence-corrected chi connectivity index (χ3v) is 3.96. The largest absolute Gasteiger partial charge is 0.352 e. The number of nitrogens with zero attached hydrogens (tertiary/aromatic N) is 2. The molecule has 0 atom stereocenters. The van der Waals surface area contributed by atoms with Crippen molar-refractivity contribution in [2.24, 2.45) is 0 Å². The van der Waals surface area contributed by atoms with E-state index in [0.29, 0.717) is 13.0 Å². The SMILES string of the molecule is Cc1cc(CNC(=O)CCCN2CCCC2)cnc1C. The summed E-state index contributed by atoms with van der Waals surface area (Å²) in [4.78, 5) is 18.6. The van der Waals surface area contributed by atoms with Gasteiger partial charge in [-0.2, -0.15) is 0 Å². The van der Waals surface area contributed by atoms with Crippen molar-refractivity contribution in [2.75, 3.05) is 19.6 Å². The van der Waals surface area contributed by atoms with Gasteiger partial charge in [0.15, 0.2) is 0 Å². The highest BCUT2D eigenvalue weighted by Crippen LogP contribution is 2.09. The maximum Gasteiger partial charge on any atom is 0.220 e. The Morgan fingerprint density at radius 3 is 2.80 bits per heavy atom. The maximum absolute atomic E-state index is 11.8. The van der Waals surface area contributed by atoms with E-state index in [2.05, 4.69) is 21.3 Å². The summed E-state index contributed by atoms with van der Waals surface area (Å²) in [5.41, 5.74) is 3.29. The lowest BCUT2D eigenvalue weighted by Crippen LogP contribution is -2.25. The molecule has 4 nitrogen and oxygen atoms in total. The van der Waals surface area contributed by atoms with Crippen molar-refractivity contribution in [3.63, 3.8) is 0 Å². The molecule has 0 radical (unpaired) electrons. The van der Waals surface area contributed by atoms with Gasteiger partial charge in [-0.25, -0.2) is 0 Å². The van der Waals surface area contributed by atoms with Crippen LogP contribution >= 0.6 is 0 Å². The summed E-state index contributed by atoms with van der Waals surface area (Å²) in [5, 5.41) is 2.97. The van der Waals surface area contributed by atoms with Crippen LogP contribution in [0.3, 0.4) is 0 Å². The standard InChI is InChI=1S/C16H25N3O/c1-13-10-15(11-17-14(13)2)12-18-16(20)6-5-9-19-7-3-4-8-19/h10-11H,3-9,12H2,1-2H3,(H,18,20). The van der Waals surface area contributed by atoms with Gasteiger partial charge in [-0.3, -0.25) is 9.78 Å². The van der Waals surface area contributed by atoms with Crippen LogP contribution < -0.4 is 5.32 Å². The molecule has 110 valence electrons. The zero-order chi connectivity index (χ0) is 14.4. The van der Waals surface area contributed by atoms with Crippen LogP contribution in [-0.4, -0.2) is 35.4 Å². The predicted octanol–water partition coefficient (Wildman–Crippen LogP) is 2.19. The summed E-state index contributed by atoms with van der Waals surface area (Å²) in [6, 6.07) is 2.09. The van der Waals surface area contributed by atoms with E-state index in [1.165, 1.54) is 31.5 Å². The normalized spacial score (nSPS) is 15.5. The van der Waals surface area contributed by atoms with Crippen LogP contribution in [0.2, 0.25) is 0 Å². The summed E-state index contributed by atoms with van der Waals surface area (Å²) in [5.74, 6) is 0.141. The van der Waals surface area contributed by atoms with Crippen LogP contribution in [0, 0.1) is 13.8 Å². The fourth-order valence-corrected chi connectivity index (χ4v) is 2.56. The van der Waals surface area contributed by atoms with E-state index < -0.39 is 0 Å². The Morgan fingerprint density at radius 2 is 2.10 bits per heavy atom. The fraction of sp³-hybridized carbons (Fsp3) is 0.625. The molecule has 1 N–H and O–H groups in total. The molecule has 0 spiro atoms. The van der Waals surface area contributed by atoms with E-state index in [-0.39, 0.29) is 5.91 Å². The van der Waals surface area contributed by atoms with Crippen LogP contribution in [0.15, 0.2) is 12.3 Å². The molecule has 0 unspecified atom stereocenters. The number of rotatable bonds is 6. The zero-order valence-corrected chi connectivity index (χ0v) is 12.6. The predicted molar refractivity (Wildman–Crippen MR) is 80.5 cm³/mol. The molecule has 2 heterocycles. The molecule has 1 aromatic rings. The molecule has 0 aromatic carbocycles. The second-order valence-corrected chi connectivity index (χ2v) is 5.67. The van der Waals surface area contributed by atoms with Crippen LogP contribution in [0.4, 0.5) is 0 Å².